The maximum Gasteiger partial charge on any atom is 0.0900 e. The summed E-state index contributed by atoms with van der Waals surface area (Å²) in [6.07, 6.45) is 7.96. The molecule has 0 aliphatic carbocycles. The molecular formula is C9H15IN2. The van der Waals surface area contributed by atoms with E-state index < -0.39 is 0 Å². The standard InChI is InChI=1S/C9H14N2.HI/c1-3-5-10-7-8-11(9-10)6-4-2;/h3-4,7-8H,1-2,5-6,9H2;1H. The summed E-state index contributed by atoms with van der Waals surface area (Å²) in [5.74, 6) is 0. The van der Waals surface area contributed by atoms with E-state index in [1.165, 1.54) is 0 Å². The van der Waals surface area contributed by atoms with E-state index in [0.717, 1.165) is 19.8 Å². The van der Waals surface area contributed by atoms with Gasteiger partial charge in [-0.25, -0.2) is 0 Å². The first-order valence-electron chi connectivity index (χ1n) is 3.75. The minimum Gasteiger partial charge on any atom is -0.355 e. The van der Waals surface area contributed by atoms with Gasteiger partial charge in [-0.05, 0) is 0 Å². The zero-order chi connectivity index (χ0) is 8.10. The van der Waals surface area contributed by atoms with Crippen molar-refractivity contribution in [1.29, 1.82) is 0 Å². The minimum absolute atomic E-state index is 0. The molecule has 0 N–H and O–H groups in total. The molecule has 1 heterocycles. The number of rotatable bonds is 4. The Labute approximate surface area is 91.2 Å². The number of hydrogen-bond donors (Lipinski definition) is 0. The largest absolute Gasteiger partial charge is 0.355 e. The van der Waals surface area contributed by atoms with Gasteiger partial charge in [0.05, 0.1) is 6.67 Å². The Bertz CT molecular complexity index is 159. The normalized spacial score (nSPS) is 14.3. The fourth-order valence-corrected chi connectivity index (χ4v) is 1.08. The third-order valence-electron chi connectivity index (χ3n) is 1.58. The van der Waals surface area contributed by atoms with Gasteiger partial charge in [-0.3, -0.25) is 0 Å². The summed E-state index contributed by atoms with van der Waals surface area (Å²) in [4.78, 5) is 4.38. The van der Waals surface area contributed by atoms with Crippen LogP contribution in [-0.2, 0) is 0 Å². The first kappa shape index (κ1) is 11.6. The highest BCUT2D eigenvalue weighted by atomic mass is 127. The Morgan fingerprint density at radius 2 is 1.50 bits per heavy atom. The monoisotopic (exact) mass is 278 g/mol. The Morgan fingerprint density at radius 3 is 1.83 bits per heavy atom. The lowest BCUT2D eigenvalue weighted by Crippen LogP contribution is -2.25. The number of nitrogens with zero attached hydrogens (tertiary/aromatic N) is 2. The van der Waals surface area contributed by atoms with E-state index in [1.807, 2.05) is 12.2 Å². The highest BCUT2D eigenvalue weighted by molar-refractivity contribution is 14.0. The van der Waals surface area contributed by atoms with Gasteiger partial charge in [-0.15, -0.1) is 37.1 Å². The molecule has 12 heavy (non-hydrogen) atoms. The zero-order valence-electron chi connectivity index (χ0n) is 7.15. The molecule has 0 atom stereocenters. The molecule has 0 aromatic carbocycles. The van der Waals surface area contributed by atoms with E-state index in [9.17, 15) is 0 Å². The number of halogens is 1. The van der Waals surface area contributed by atoms with Crippen molar-refractivity contribution in [3.8, 4) is 0 Å². The Balaban J connectivity index is 0.00000121. The molecule has 0 radical (unpaired) electrons. The smallest absolute Gasteiger partial charge is 0.0900 e. The molecule has 0 spiro atoms. The lowest BCUT2D eigenvalue weighted by atomic mass is 10.5. The second-order valence-electron chi connectivity index (χ2n) is 2.56. The van der Waals surface area contributed by atoms with Crippen LogP contribution in [0, 0.1) is 0 Å². The van der Waals surface area contributed by atoms with Crippen molar-refractivity contribution in [3.05, 3.63) is 37.7 Å². The molecule has 2 nitrogen and oxygen atoms in total. The summed E-state index contributed by atoms with van der Waals surface area (Å²) >= 11 is 0. The maximum absolute atomic E-state index is 3.68. The minimum atomic E-state index is 0. The second kappa shape index (κ2) is 6.11. The van der Waals surface area contributed by atoms with E-state index >= 15 is 0 Å². The van der Waals surface area contributed by atoms with Crippen LogP contribution in [0.5, 0.6) is 0 Å². The molecule has 0 aromatic rings. The molecule has 1 aliphatic heterocycles. The van der Waals surface area contributed by atoms with E-state index in [4.69, 9.17) is 0 Å². The average Bonchev–Trinajstić information content (AvgIpc) is 2.38. The summed E-state index contributed by atoms with van der Waals surface area (Å²) in [7, 11) is 0. The SMILES string of the molecule is C=CCN1C=CN(CC=C)C1.I. The summed E-state index contributed by atoms with van der Waals surface area (Å²) in [6, 6.07) is 0. The third kappa shape index (κ3) is 3.30. The van der Waals surface area contributed by atoms with Gasteiger partial charge in [-0.1, -0.05) is 12.2 Å². The van der Waals surface area contributed by atoms with Crippen LogP contribution in [-0.4, -0.2) is 29.6 Å². The molecule has 0 fully saturated rings. The van der Waals surface area contributed by atoms with Gasteiger partial charge in [0.25, 0.3) is 0 Å². The van der Waals surface area contributed by atoms with Crippen molar-refractivity contribution < 1.29 is 0 Å². The number of hydrogen-bond acceptors (Lipinski definition) is 2. The summed E-state index contributed by atoms with van der Waals surface area (Å²) in [5, 5.41) is 0. The second-order valence-corrected chi connectivity index (χ2v) is 2.56. The summed E-state index contributed by atoms with van der Waals surface area (Å²) in [6.45, 7) is 10.2. The van der Waals surface area contributed by atoms with Gasteiger partial charge in [-0.2, -0.15) is 0 Å². The van der Waals surface area contributed by atoms with Gasteiger partial charge in [0.1, 0.15) is 0 Å². The molecule has 0 aromatic heterocycles. The predicted octanol–water partition coefficient (Wildman–Crippen LogP) is 2.02. The van der Waals surface area contributed by atoms with Gasteiger partial charge in [0.15, 0.2) is 0 Å². The predicted molar refractivity (Wildman–Crippen MR) is 63.2 cm³/mol. The van der Waals surface area contributed by atoms with E-state index in [-0.39, 0.29) is 24.0 Å². The van der Waals surface area contributed by atoms with Crippen LogP contribution < -0.4 is 0 Å². The van der Waals surface area contributed by atoms with Crippen LogP contribution >= 0.6 is 24.0 Å². The van der Waals surface area contributed by atoms with Crippen LogP contribution in [0.3, 0.4) is 0 Å². The van der Waals surface area contributed by atoms with Crippen LogP contribution in [0.15, 0.2) is 37.7 Å². The first-order valence-corrected chi connectivity index (χ1v) is 3.75. The summed E-state index contributed by atoms with van der Waals surface area (Å²) in [5.41, 5.74) is 0. The fourth-order valence-electron chi connectivity index (χ4n) is 1.08. The summed E-state index contributed by atoms with van der Waals surface area (Å²) < 4.78 is 0. The molecule has 1 aliphatic rings. The topological polar surface area (TPSA) is 6.48 Å². The maximum atomic E-state index is 3.68. The molecule has 3 heteroatoms. The van der Waals surface area contributed by atoms with Gasteiger partial charge < -0.3 is 9.80 Å². The molecule has 0 bridgehead atoms. The highest BCUT2D eigenvalue weighted by Gasteiger charge is 2.07. The molecule has 1 rings (SSSR count). The van der Waals surface area contributed by atoms with Crippen LogP contribution in [0.1, 0.15) is 0 Å². The quantitative estimate of drug-likeness (QED) is 0.573. The average molecular weight is 278 g/mol. The van der Waals surface area contributed by atoms with Crippen molar-refractivity contribution in [2.45, 2.75) is 0 Å². The lowest BCUT2D eigenvalue weighted by molar-refractivity contribution is 0.300. The van der Waals surface area contributed by atoms with E-state index in [0.29, 0.717) is 0 Å². The molecule has 0 amide bonds. The Hall–Kier alpha value is -0.450. The Kier molecular flexibility index (Phi) is 5.88. The highest BCUT2D eigenvalue weighted by Crippen LogP contribution is 2.04. The molecule has 0 saturated carbocycles. The fraction of sp³-hybridized carbons (Fsp3) is 0.333. The van der Waals surface area contributed by atoms with Crippen LogP contribution in [0.2, 0.25) is 0 Å². The van der Waals surface area contributed by atoms with Crippen molar-refractivity contribution >= 4 is 24.0 Å². The Morgan fingerprint density at radius 1 is 1.08 bits per heavy atom. The molecular weight excluding hydrogens is 263 g/mol. The van der Waals surface area contributed by atoms with E-state index in [2.05, 4.69) is 35.4 Å². The van der Waals surface area contributed by atoms with Crippen molar-refractivity contribution in [1.82, 2.24) is 9.80 Å². The zero-order valence-corrected chi connectivity index (χ0v) is 9.48. The van der Waals surface area contributed by atoms with Crippen molar-refractivity contribution in [2.24, 2.45) is 0 Å². The first-order chi connectivity index (χ1) is 5.36. The van der Waals surface area contributed by atoms with Gasteiger partial charge in [0.2, 0.25) is 0 Å². The van der Waals surface area contributed by atoms with E-state index in [1.54, 1.807) is 0 Å². The third-order valence-corrected chi connectivity index (χ3v) is 1.58. The lowest BCUT2D eigenvalue weighted by Gasteiger charge is -2.18. The van der Waals surface area contributed by atoms with Crippen molar-refractivity contribution in [2.75, 3.05) is 19.8 Å². The van der Waals surface area contributed by atoms with Gasteiger partial charge in [0, 0.05) is 25.5 Å². The molecule has 0 saturated heterocycles. The molecule has 0 unspecified atom stereocenters. The van der Waals surface area contributed by atoms with Gasteiger partial charge >= 0.3 is 0 Å². The van der Waals surface area contributed by atoms with Crippen molar-refractivity contribution in [3.63, 3.8) is 0 Å². The van der Waals surface area contributed by atoms with Crippen LogP contribution in [0.25, 0.3) is 0 Å². The molecule has 68 valence electrons. The van der Waals surface area contributed by atoms with Crippen LogP contribution in [0.4, 0.5) is 0 Å².